The van der Waals surface area contributed by atoms with Crippen molar-refractivity contribution in [2.24, 2.45) is 5.73 Å². The standard InChI is InChI=1S/C21H29ClN4O2S/c22-16-4-5-19-18(13-16)24-20(28-19)15-6-9-25(10-7-15)8-2-1-3-17(23)21(27)26-11-12-29-14-26/h4-5,13,15,17H,1-3,6-12,14,23H2. The summed E-state index contributed by atoms with van der Waals surface area (Å²) in [7, 11) is 0. The second-order valence-corrected chi connectivity index (χ2v) is 9.53. The molecule has 1 unspecified atom stereocenters. The Kier molecular flexibility index (Phi) is 7.00. The maximum Gasteiger partial charge on any atom is 0.240 e. The predicted molar refractivity (Wildman–Crippen MR) is 118 cm³/mol. The minimum Gasteiger partial charge on any atom is -0.440 e. The van der Waals surface area contributed by atoms with Crippen LogP contribution in [0.5, 0.6) is 0 Å². The van der Waals surface area contributed by atoms with Gasteiger partial charge in [0, 0.05) is 23.2 Å². The number of hydrogen-bond donors (Lipinski definition) is 1. The lowest BCUT2D eigenvalue weighted by Crippen LogP contribution is -2.42. The predicted octanol–water partition coefficient (Wildman–Crippen LogP) is 3.69. The van der Waals surface area contributed by atoms with Crippen LogP contribution in [-0.4, -0.2) is 64.5 Å². The van der Waals surface area contributed by atoms with Crippen LogP contribution >= 0.6 is 23.4 Å². The first-order valence-electron chi connectivity index (χ1n) is 10.5. The molecule has 8 heteroatoms. The van der Waals surface area contributed by atoms with Crippen molar-refractivity contribution in [2.45, 2.75) is 44.1 Å². The summed E-state index contributed by atoms with van der Waals surface area (Å²) < 4.78 is 5.95. The maximum atomic E-state index is 12.3. The minimum absolute atomic E-state index is 0.121. The van der Waals surface area contributed by atoms with E-state index >= 15 is 0 Å². The summed E-state index contributed by atoms with van der Waals surface area (Å²) in [5, 5.41) is 0.688. The number of nitrogens with zero attached hydrogens (tertiary/aromatic N) is 3. The molecule has 2 saturated heterocycles. The Morgan fingerprint density at radius 3 is 2.90 bits per heavy atom. The van der Waals surface area contributed by atoms with Crippen molar-refractivity contribution in [1.29, 1.82) is 0 Å². The molecule has 2 aliphatic heterocycles. The minimum atomic E-state index is -0.341. The summed E-state index contributed by atoms with van der Waals surface area (Å²) in [4.78, 5) is 21.3. The molecule has 4 rings (SSSR count). The van der Waals surface area contributed by atoms with Crippen molar-refractivity contribution < 1.29 is 9.21 Å². The van der Waals surface area contributed by atoms with Crippen LogP contribution in [0.2, 0.25) is 5.02 Å². The van der Waals surface area contributed by atoms with Gasteiger partial charge in [-0.3, -0.25) is 4.79 Å². The Hall–Kier alpha value is -1.28. The van der Waals surface area contributed by atoms with Gasteiger partial charge in [-0.25, -0.2) is 4.98 Å². The fraction of sp³-hybridized carbons (Fsp3) is 0.619. The van der Waals surface area contributed by atoms with E-state index in [-0.39, 0.29) is 11.9 Å². The molecular formula is C21H29ClN4O2S. The summed E-state index contributed by atoms with van der Waals surface area (Å²) in [5.74, 6) is 3.17. The number of benzene rings is 1. The normalized spacial score (nSPS) is 19.9. The van der Waals surface area contributed by atoms with Gasteiger partial charge in [-0.1, -0.05) is 18.0 Å². The third-order valence-corrected chi connectivity index (χ3v) is 7.12. The lowest BCUT2D eigenvalue weighted by molar-refractivity contribution is -0.131. The molecule has 158 valence electrons. The van der Waals surface area contributed by atoms with E-state index in [1.807, 2.05) is 23.1 Å². The Morgan fingerprint density at radius 2 is 2.14 bits per heavy atom. The summed E-state index contributed by atoms with van der Waals surface area (Å²) in [5.41, 5.74) is 7.75. The number of amides is 1. The Bertz CT molecular complexity index is 831. The lowest BCUT2D eigenvalue weighted by Gasteiger charge is -2.30. The monoisotopic (exact) mass is 436 g/mol. The zero-order valence-electron chi connectivity index (χ0n) is 16.7. The number of carbonyl (C=O) groups excluding carboxylic acids is 1. The molecule has 1 atom stereocenters. The van der Waals surface area contributed by atoms with E-state index in [9.17, 15) is 4.79 Å². The number of oxazole rings is 1. The molecule has 2 N–H and O–H groups in total. The Morgan fingerprint density at radius 1 is 1.31 bits per heavy atom. The summed E-state index contributed by atoms with van der Waals surface area (Å²) in [6.07, 6.45) is 4.99. The number of unbranched alkanes of at least 4 members (excludes halogenated alkanes) is 1. The van der Waals surface area contributed by atoms with Crippen LogP contribution in [0.1, 0.15) is 43.9 Å². The number of nitrogens with two attached hydrogens (primary N) is 1. The Labute approximate surface area is 181 Å². The van der Waals surface area contributed by atoms with Gasteiger partial charge in [-0.2, -0.15) is 0 Å². The summed E-state index contributed by atoms with van der Waals surface area (Å²) in [6, 6.07) is 5.25. The van der Waals surface area contributed by atoms with Crippen LogP contribution in [0, 0.1) is 0 Å². The quantitative estimate of drug-likeness (QED) is 0.667. The van der Waals surface area contributed by atoms with Crippen molar-refractivity contribution in [2.75, 3.05) is 37.8 Å². The molecule has 1 aromatic carbocycles. The van der Waals surface area contributed by atoms with Crippen molar-refractivity contribution in [3.63, 3.8) is 0 Å². The zero-order valence-corrected chi connectivity index (χ0v) is 18.3. The summed E-state index contributed by atoms with van der Waals surface area (Å²) >= 11 is 7.85. The number of halogens is 1. The fourth-order valence-corrected chi connectivity index (χ4v) is 5.26. The van der Waals surface area contributed by atoms with Gasteiger partial charge in [0.2, 0.25) is 5.91 Å². The lowest BCUT2D eigenvalue weighted by atomic mass is 9.96. The second-order valence-electron chi connectivity index (χ2n) is 8.02. The Balaban J connectivity index is 1.16. The van der Waals surface area contributed by atoms with E-state index in [0.29, 0.717) is 10.9 Å². The van der Waals surface area contributed by atoms with Crippen LogP contribution in [-0.2, 0) is 4.79 Å². The van der Waals surface area contributed by atoms with E-state index < -0.39 is 0 Å². The van der Waals surface area contributed by atoms with Gasteiger partial charge in [-0.15, -0.1) is 11.8 Å². The van der Waals surface area contributed by atoms with Gasteiger partial charge >= 0.3 is 0 Å². The second kappa shape index (κ2) is 9.69. The van der Waals surface area contributed by atoms with E-state index in [4.69, 9.17) is 21.8 Å². The summed E-state index contributed by atoms with van der Waals surface area (Å²) in [6.45, 7) is 4.02. The van der Waals surface area contributed by atoms with Crippen LogP contribution in [0.3, 0.4) is 0 Å². The van der Waals surface area contributed by atoms with E-state index in [2.05, 4.69) is 9.88 Å². The molecule has 2 aromatic rings. The first-order valence-corrected chi connectivity index (χ1v) is 12.0. The molecule has 3 heterocycles. The average Bonchev–Trinajstić information content (AvgIpc) is 3.40. The number of carbonyl (C=O) groups is 1. The van der Waals surface area contributed by atoms with Crippen LogP contribution < -0.4 is 5.73 Å². The van der Waals surface area contributed by atoms with Gasteiger partial charge in [0.15, 0.2) is 11.5 Å². The maximum absolute atomic E-state index is 12.3. The number of likely N-dealkylation sites (tertiary alicyclic amines) is 1. The van der Waals surface area contributed by atoms with Crippen LogP contribution in [0.25, 0.3) is 11.1 Å². The highest BCUT2D eigenvalue weighted by molar-refractivity contribution is 7.99. The topological polar surface area (TPSA) is 75.6 Å². The van der Waals surface area contributed by atoms with E-state index in [1.165, 1.54) is 0 Å². The van der Waals surface area contributed by atoms with Gasteiger partial charge in [0.05, 0.1) is 11.9 Å². The first kappa shape index (κ1) is 21.0. The molecular weight excluding hydrogens is 408 g/mol. The number of thioether (sulfide) groups is 1. The smallest absolute Gasteiger partial charge is 0.240 e. The van der Waals surface area contributed by atoms with Gasteiger partial charge in [-0.05, 0) is 63.5 Å². The molecule has 6 nitrogen and oxygen atoms in total. The molecule has 2 aliphatic rings. The number of aromatic nitrogens is 1. The number of rotatable bonds is 7. The first-order chi connectivity index (χ1) is 14.1. The highest BCUT2D eigenvalue weighted by Crippen LogP contribution is 2.31. The largest absolute Gasteiger partial charge is 0.440 e. The van der Waals surface area contributed by atoms with Crippen molar-refractivity contribution in [3.05, 3.63) is 29.1 Å². The molecule has 0 spiro atoms. The molecule has 0 saturated carbocycles. The van der Waals surface area contributed by atoms with Gasteiger partial charge in [0.25, 0.3) is 0 Å². The molecule has 0 aliphatic carbocycles. The van der Waals surface area contributed by atoms with Crippen molar-refractivity contribution in [1.82, 2.24) is 14.8 Å². The molecule has 1 aromatic heterocycles. The van der Waals surface area contributed by atoms with Crippen LogP contribution in [0.15, 0.2) is 22.6 Å². The highest BCUT2D eigenvalue weighted by atomic mass is 35.5. The van der Waals surface area contributed by atoms with Crippen molar-refractivity contribution in [3.8, 4) is 0 Å². The van der Waals surface area contributed by atoms with Crippen molar-refractivity contribution >= 4 is 40.4 Å². The molecule has 0 radical (unpaired) electrons. The third kappa shape index (κ3) is 5.26. The third-order valence-electron chi connectivity index (χ3n) is 5.92. The van der Waals surface area contributed by atoms with Crippen LogP contribution in [0.4, 0.5) is 0 Å². The molecule has 0 bridgehead atoms. The highest BCUT2D eigenvalue weighted by Gasteiger charge is 2.25. The van der Waals surface area contributed by atoms with E-state index in [0.717, 1.165) is 86.9 Å². The average molecular weight is 437 g/mol. The van der Waals surface area contributed by atoms with Gasteiger partial charge in [0.1, 0.15) is 5.52 Å². The fourth-order valence-electron chi connectivity index (χ4n) is 4.14. The SMILES string of the molecule is NC(CCCCN1CCC(c2nc3cc(Cl)ccc3o2)CC1)C(=O)N1CCSC1. The van der Waals surface area contributed by atoms with E-state index in [1.54, 1.807) is 11.8 Å². The molecule has 2 fully saturated rings. The number of hydrogen-bond acceptors (Lipinski definition) is 6. The molecule has 1 amide bonds. The number of fused-ring (bicyclic) bond motifs is 1. The number of piperidine rings is 1. The molecule has 29 heavy (non-hydrogen) atoms. The van der Waals surface area contributed by atoms with Gasteiger partial charge < -0.3 is 20.0 Å². The zero-order chi connectivity index (χ0) is 20.2.